The number of morpholine rings is 1. The van der Waals surface area contributed by atoms with E-state index < -0.39 is 0 Å². The molecule has 2 N–H and O–H groups in total. The highest BCUT2D eigenvalue weighted by atomic mass is 127. The molecular weight excluding hydrogens is 501 g/mol. The second-order valence-electron chi connectivity index (χ2n) is 8.81. The number of nitrogens with one attached hydrogen (secondary N) is 2. The van der Waals surface area contributed by atoms with Crippen LogP contribution in [0, 0.1) is 5.92 Å². The van der Waals surface area contributed by atoms with Crippen molar-refractivity contribution in [1.29, 1.82) is 0 Å². The van der Waals surface area contributed by atoms with Gasteiger partial charge in [-0.05, 0) is 44.9 Å². The van der Waals surface area contributed by atoms with Crippen molar-refractivity contribution in [3.63, 3.8) is 0 Å². The third-order valence-electron chi connectivity index (χ3n) is 5.93. The molecule has 1 aliphatic rings. The van der Waals surface area contributed by atoms with Crippen LogP contribution < -0.4 is 10.6 Å². The van der Waals surface area contributed by atoms with E-state index in [-0.39, 0.29) is 24.0 Å². The lowest BCUT2D eigenvalue weighted by atomic mass is 10.0. The molecule has 7 heteroatoms. The van der Waals surface area contributed by atoms with Crippen LogP contribution in [0.3, 0.4) is 0 Å². The Labute approximate surface area is 207 Å². The van der Waals surface area contributed by atoms with E-state index in [0.29, 0.717) is 24.5 Å². The minimum absolute atomic E-state index is 0. The van der Waals surface area contributed by atoms with Crippen LogP contribution in [-0.4, -0.2) is 74.3 Å². The van der Waals surface area contributed by atoms with Crippen molar-refractivity contribution < 1.29 is 4.74 Å². The fourth-order valence-electron chi connectivity index (χ4n) is 3.72. The number of aliphatic imine (C=N–C) groups is 1. The highest BCUT2D eigenvalue weighted by molar-refractivity contribution is 14.0. The molecule has 6 nitrogen and oxygen atoms in total. The van der Waals surface area contributed by atoms with E-state index in [1.807, 2.05) is 0 Å². The summed E-state index contributed by atoms with van der Waals surface area (Å²) in [5.74, 6) is 1.47. The lowest BCUT2D eigenvalue weighted by Gasteiger charge is -2.37. The van der Waals surface area contributed by atoms with Crippen LogP contribution >= 0.6 is 24.0 Å². The molecule has 1 aromatic carbocycles. The van der Waals surface area contributed by atoms with Crippen LogP contribution in [0.25, 0.3) is 0 Å². The maximum atomic E-state index is 5.53. The first-order chi connectivity index (χ1) is 14.4. The second kappa shape index (κ2) is 15.0. The Kier molecular flexibility index (Phi) is 13.6. The van der Waals surface area contributed by atoms with Gasteiger partial charge in [0.15, 0.2) is 5.96 Å². The van der Waals surface area contributed by atoms with Gasteiger partial charge in [-0.15, -0.1) is 24.0 Å². The Bertz CT molecular complexity index is 647. The van der Waals surface area contributed by atoms with Crippen LogP contribution in [0.1, 0.15) is 45.7 Å². The smallest absolute Gasteiger partial charge is 0.191 e. The Morgan fingerprint density at radius 2 is 1.74 bits per heavy atom. The maximum Gasteiger partial charge on any atom is 0.191 e. The molecule has 0 spiro atoms. The van der Waals surface area contributed by atoms with E-state index >= 15 is 0 Å². The van der Waals surface area contributed by atoms with Gasteiger partial charge in [0.25, 0.3) is 0 Å². The minimum Gasteiger partial charge on any atom is -0.379 e. The summed E-state index contributed by atoms with van der Waals surface area (Å²) in [5, 5.41) is 7.01. The molecule has 1 fully saturated rings. The molecule has 0 radical (unpaired) electrons. The van der Waals surface area contributed by atoms with E-state index in [4.69, 9.17) is 9.73 Å². The first-order valence-electron chi connectivity index (χ1n) is 11.5. The van der Waals surface area contributed by atoms with Gasteiger partial charge >= 0.3 is 0 Å². The largest absolute Gasteiger partial charge is 0.379 e. The molecule has 1 aliphatic heterocycles. The van der Waals surface area contributed by atoms with Crippen LogP contribution in [0.4, 0.5) is 0 Å². The van der Waals surface area contributed by atoms with Crippen molar-refractivity contribution in [3.8, 4) is 0 Å². The molecule has 2 rings (SSSR count). The SMILES string of the molecule is CCNC(=NCc1ccccc1CN(C)C(C)C)NCC(C(C)C)N1CCOCC1.I. The number of guanidine groups is 1. The van der Waals surface area contributed by atoms with Crippen molar-refractivity contribution in [3.05, 3.63) is 35.4 Å². The topological polar surface area (TPSA) is 52.1 Å². The second-order valence-corrected chi connectivity index (χ2v) is 8.81. The zero-order valence-electron chi connectivity index (χ0n) is 20.4. The molecule has 1 aromatic rings. The predicted molar refractivity (Wildman–Crippen MR) is 142 cm³/mol. The molecule has 178 valence electrons. The Morgan fingerprint density at radius 1 is 1.10 bits per heavy atom. The lowest BCUT2D eigenvalue weighted by molar-refractivity contribution is 0.00752. The summed E-state index contributed by atoms with van der Waals surface area (Å²) in [5.41, 5.74) is 2.64. The van der Waals surface area contributed by atoms with E-state index in [1.165, 1.54) is 11.1 Å². The summed E-state index contributed by atoms with van der Waals surface area (Å²) in [6.07, 6.45) is 0. The van der Waals surface area contributed by atoms with Gasteiger partial charge in [-0.3, -0.25) is 9.80 Å². The molecule has 1 unspecified atom stereocenters. The van der Waals surface area contributed by atoms with E-state index in [1.54, 1.807) is 0 Å². The van der Waals surface area contributed by atoms with E-state index in [2.05, 4.69) is 86.4 Å². The summed E-state index contributed by atoms with van der Waals surface area (Å²) in [6, 6.07) is 9.64. The van der Waals surface area contributed by atoms with Crippen molar-refractivity contribution >= 4 is 29.9 Å². The quantitative estimate of drug-likeness (QED) is 0.268. The standard InChI is InChI=1S/C24H43N5O.HI/c1-7-25-24(27-17-23(19(2)3)29-12-14-30-15-13-29)26-16-21-10-8-9-11-22(21)18-28(6)20(4)5;/h8-11,19-20,23H,7,12-18H2,1-6H3,(H2,25,26,27);1H. The van der Waals surface area contributed by atoms with Crippen LogP contribution in [0.15, 0.2) is 29.3 Å². The van der Waals surface area contributed by atoms with Gasteiger partial charge < -0.3 is 15.4 Å². The first-order valence-corrected chi connectivity index (χ1v) is 11.5. The Hall–Kier alpha value is -0.900. The molecular formula is C24H44IN5O. The van der Waals surface area contributed by atoms with Crippen LogP contribution in [0.2, 0.25) is 0 Å². The number of halogens is 1. The minimum atomic E-state index is 0. The zero-order chi connectivity index (χ0) is 21.9. The molecule has 0 aliphatic carbocycles. The highest BCUT2D eigenvalue weighted by Gasteiger charge is 2.23. The van der Waals surface area contributed by atoms with Gasteiger partial charge in [0, 0.05) is 44.8 Å². The Balaban J connectivity index is 0.00000480. The first kappa shape index (κ1) is 28.1. The van der Waals surface area contributed by atoms with Crippen molar-refractivity contribution in [2.75, 3.05) is 46.4 Å². The van der Waals surface area contributed by atoms with Crippen molar-refractivity contribution in [2.45, 2.75) is 59.8 Å². The normalized spacial score (nSPS) is 16.5. The van der Waals surface area contributed by atoms with E-state index in [0.717, 1.165) is 51.9 Å². The lowest BCUT2D eigenvalue weighted by Crippen LogP contribution is -2.52. The molecule has 0 bridgehead atoms. The van der Waals surface area contributed by atoms with Crippen LogP contribution in [0.5, 0.6) is 0 Å². The summed E-state index contributed by atoms with van der Waals surface area (Å²) in [4.78, 5) is 9.81. The molecule has 0 amide bonds. The van der Waals surface area contributed by atoms with Gasteiger partial charge in [0.2, 0.25) is 0 Å². The van der Waals surface area contributed by atoms with Crippen molar-refractivity contribution in [2.24, 2.45) is 10.9 Å². The predicted octanol–water partition coefficient (Wildman–Crippen LogP) is 3.56. The maximum absolute atomic E-state index is 5.53. The number of rotatable bonds is 10. The molecule has 0 saturated carbocycles. The zero-order valence-corrected chi connectivity index (χ0v) is 22.7. The monoisotopic (exact) mass is 545 g/mol. The summed E-state index contributed by atoms with van der Waals surface area (Å²) >= 11 is 0. The number of hydrogen-bond acceptors (Lipinski definition) is 4. The van der Waals surface area contributed by atoms with Gasteiger partial charge in [0.1, 0.15) is 0 Å². The summed E-state index contributed by atoms with van der Waals surface area (Å²) in [7, 11) is 2.17. The Morgan fingerprint density at radius 3 is 2.32 bits per heavy atom. The van der Waals surface area contributed by atoms with Gasteiger partial charge in [-0.25, -0.2) is 4.99 Å². The van der Waals surface area contributed by atoms with Gasteiger partial charge in [-0.2, -0.15) is 0 Å². The molecule has 31 heavy (non-hydrogen) atoms. The molecule has 1 atom stereocenters. The molecule has 0 aromatic heterocycles. The highest BCUT2D eigenvalue weighted by Crippen LogP contribution is 2.14. The van der Waals surface area contributed by atoms with Gasteiger partial charge in [-0.1, -0.05) is 38.1 Å². The average molecular weight is 546 g/mol. The number of nitrogens with zero attached hydrogens (tertiary/aromatic N) is 3. The summed E-state index contributed by atoms with van der Waals surface area (Å²) in [6.45, 7) is 18.2. The summed E-state index contributed by atoms with van der Waals surface area (Å²) < 4.78 is 5.53. The third-order valence-corrected chi connectivity index (χ3v) is 5.93. The van der Waals surface area contributed by atoms with Crippen molar-refractivity contribution in [1.82, 2.24) is 20.4 Å². The van der Waals surface area contributed by atoms with Crippen LogP contribution in [-0.2, 0) is 17.8 Å². The van der Waals surface area contributed by atoms with Gasteiger partial charge in [0.05, 0.1) is 19.8 Å². The van der Waals surface area contributed by atoms with E-state index in [9.17, 15) is 0 Å². The molecule has 1 heterocycles. The number of benzene rings is 1. The fraction of sp³-hybridized carbons (Fsp3) is 0.708. The third kappa shape index (κ3) is 9.63. The molecule has 1 saturated heterocycles. The average Bonchev–Trinajstić information content (AvgIpc) is 2.73. The fourth-order valence-corrected chi connectivity index (χ4v) is 3.72. The number of ether oxygens (including phenoxy) is 1. The number of hydrogen-bond donors (Lipinski definition) is 2.